The van der Waals surface area contributed by atoms with Gasteiger partial charge in [-0.3, -0.25) is 4.68 Å². The maximum absolute atomic E-state index is 6.21. The standard InChI is InChI=1S/C11H20ClN3S/c1-4-15-10(11(12)9(2)14-15)8-13-6-5-7-16-3/h13H,4-8H2,1-3H3. The molecule has 1 aromatic rings. The fourth-order valence-electron chi connectivity index (χ4n) is 1.59. The normalized spacial score (nSPS) is 11.0. The summed E-state index contributed by atoms with van der Waals surface area (Å²) in [5, 5.41) is 8.60. The van der Waals surface area contributed by atoms with Gasteiger partial charge in [-0.2, -0.15) is 16.9 Å². The molecule has 16 heavy (non-hydrogen) atoms. The minimum atomic E-state index is 0.805. The van der Waals surface area contributed by atoms with Crippen molar-refractivity contribution >= 4 is 23.4 Å². The molecule has 5 heteroatoms. The lowest BCUT2D eigenvalue weighted by Gasteiger charge is -2.07. The average Bonchev–Trinajstić information content (AvgIpc) is 2.56. The molecule has 1 heterocycles. The highest BCUT2D eigenvalue weighted by molar-refractivity contribution is 7.98. The van der Waals surface area contributed by atoms with Crippen LogP contribution in [0.3, 0.4) is 0 Å². The van der Waals surface area contributed by atoms with Gasteiger partial charge >= 0.3 is 0 Å². The number of rotatable bonds is 7. The van der Waals surface area contributed by atoms with Crippen LogP contribution >= 0.6 is 23.4 Å². The van der Waals surface area contributed by atoms with E-state index in [1.54, 1.807) is 0 Å². The second-order valence-electron chi connectivity index (χ2n) is 3.68. The molecule has 0 amide bonds. The van der Waals surface area contributed by atoms with Gasteiger partial charge in [-0.05, 0) is 38.8 Å². The molecule has 1 aromatic heterocycles. The molecule has 0 saturated heterocycles. The molecule has 1 N–H and O–H groups in total. The Bertz CT molecular complexity index is 325. The predicted octanol–water partition coefficient (Wildman–Crippen LogP) is 2.71. The van der Waals surface area contributed by atoms with E-state index < -0.39 is 0 Å². The smallest absolute Gasteiger partial charge is 0.0860 e. The van der Waals surface area contributed by atoms with Crippen molar-refractivity contribution in [3.05, 3.63) is 16.4 Å². The van der Waals surface area contributed by atoms with E-state index in [2.05, 4.69) is 23.6 Å². The van der Waals surface area contributed by atoms with Crippen molar-refractivity contribution in [1.82, 2.24) is 15.1 Å². The largest absolute Gasteiger partial charge is 0.311 e. The van der Waals surface area contributed by atoms with Gasteiger partial charge in [-0.25, -0.2) is 0 Å². The van der Waals surface area contributed by atoms with E-state index in [4.69, 9.17) is 11.6 Å². The van der Waals surface area contributed by atoms with Gasteiger partial charge < -0.3 is 5.32 Å². The third kappa shape index (κ3) is 3.68. The summed E-state index contributed by atoms with van der Waals surface area (Å²) in [6, 6.07) is 0. The molecule has 0 aromatic carbocycles. The number of nitrogens with zero attached hydrogens (tertiary/aromatic N) is 2. The molecular weight excluding hydrogens is 242 g/mol. The molecule has 0 unspecified atom stereocenters. The van der Waals surface area contributed by atoms with Crippen molar-refractivity contribution in [2.45, 2.75) is 33.4 Å². The molecular formula is C11H20ClN3S. The van der Waals surface area contributed by atoms with Gasteiger partial charge in [0.2, 0.25) is 0 Å². The minimum Gasteiger partial charge on any atom is -0.311 e. The van der Waals surface area contributed by atoms with Crippen LogP contribution in [0.25, 0.3) is 0 Å². The van der Waals surface area contributed by atoms with E-state index in [-0.39, 0.29) is 0 Å². The van der Waals surface area contributed by atoms with Crippen molar-refractivity contribution in [2.75, 3.05) is 18.6 Å². The molecule has 0 fully saturated rings. The first-order valence-electron chi connectivity index (χ1n) is 5.62. The molecule has 3 nitrogen and oxygen atoms in total. The Morgan fingerprint density at radius 1 is 1.50 bits per heavy atom. The van der Waals surface area contributed by atoms with Crippen LogP contribution in [0.1, 0.15) is 24.7 Å². The predicted molar refractivity (Wildman–Crippen MR) is 72.4 cm³/mol. The molecule has 0 bridgehead atoms. The summed E-state index contributed by atoms with van der Waals surface area (Å²) in [6.45, 7) is 6.74. The van der Waals surface area contributed by atoms with Crippen LogP contribution < -0.4 is 5.32 Å². The summed E-state index contributed by atoms with van der Waals surface area (Å²) in [7, 11) is 0. The van der Waals surface area contributed by atoms with Gasteiger partial charge in [0.1, 0.15) is 0 Å². The summed E-state index contributed by atoms with van der Waals surface area (Å²) in [4.78, 5) is 0. The molecule has 0 radical (unpaired) electrons. The highest BCUT2D eigenvalue weighted by atomic mass is 35.5. The number of halogens is 1. The lowest BCUT2D eigenvalue weighted by Crippen LogP contribution is -2.18. The van der Waals surface area contributed by atoms with Crippen LogP contribution in [0.4, 0.5) is 0 Å². The summed E-state index contributed by atoms with van der Waals surface area (Å²) in [5.41, 5.74) is 2.02. The average molecular weight is 262 g/mol. The zero-order valence-electron chi connectivity index (χ0n) is 10.2. The van der Waals surface area contributed by atoms with Crippen LogP contribution in [0.5, 0.6) is 0 Å². The zero-order valence-corrected chi connectivity index (χ0v) is 11.8. The second kappa shape index (κ2) is 7.20. The SMILES string of the molecule is CCn1nc(C)c(Cl)c1CNCCCSC. The molecule has 0 aliphatic rings. The summed E-state index contributed by atoms with van der Waals surface area (Å²) in [5.74, 6) is 1.20. The van der Waals surface area contributed by atoms with Crippen molar-refractivity contribution in [3.8, 4) is 0 Å². The van der Waals surface area contributed by atoms with E-state index in [1.165, 1.54) is 12.2 Å². The Balaban J connectivity index is 2.46. The van der Waals surface area contributed by atoms with E-state index in [1.807, 2.05) is 23.4 Å². The van der Waals surface area contributed by atoms with Gasteiger partial charge in [-0.15, -0.1) is 0 Å². The fraction of sp³-hybridized carbons (Fsp3) is 0.727. The number of aryl methyl sites for hydroxylation is 2. The topological polar surface area (TPSA) is 29.9 Å². The van der Waals surface area contributed by atoms with Crippen molar-refractivity contribution in [3.63, 3.8) is 0 Å². The number of nitrogens with one attached hydrogen (secondary N) is 1. The van der Waals surface area contributed by atoms with Crippen molar-refractivity contribution in [1.29, 1.82) is 0 Å². The van der Waals surface area contributed by atoms with E-state index in [0.717, 1.165) is 36.0 Å². The van der Waals surface area contributed by atoms with Crippen LogP contribution in [0, 0.1) is 6.92 Å². The molecule has 0 aliphatic heterocycles. The first-order valence-corrected chi connectivity index (χ1v) is 7.39. The Kier molecular flexibility index (Phi) is 6.24. The van der Waals surface area contributed by atoms with Gasteiger partial charge in [0, 0.05) is 13.1 Å². The number of hydrogen-bond donors (Lipinski definition) is 1. The number of thioether (sulfide) groups is 1. The first-order chi connectivity index (χ1) is 7.70. The molecule has 0 aliphatic carbocycles. The van der Waals surface area contributed by atoms with Crippen molar-refractivity contribution in [2.24, 2.45) is 0 Å². The Hall–Kier alpha value is -0.190. The third-order valence-electron chi connectivity index (χ3n) is 2.45. The zero-order chi connectivity index (χ0) is 12.0. The Labute approximate surface area is 107 Å². The van der Waals surface area contributed by atoms with Gasteiger partial charge in [0.05, 0.1) is 16.4 Å². The second-order valence-corrected chi connectivity index (χ2v) is 5.05. The monoisotopic (exact) mass is 261 g/mol. The first kappa shape index (κ1) is 13.9. The van der Waals surface area contributed by atoms with Gasteiger partial charge in [0.15, 0.2) is 0 Å². The number of aromatic nitrogens is 2. The lowest BCUT2D eigenvalue weighted by molar-refractivity contribution is 0.578. The van der Waals surface area contributed by atoms with Crippen LogP contribution in [0.2, 0.25) is 5.02 Å². The van der Waals surface area contributed by atoms with Crippen LogP contribution in [-0.4, -0.2) is 28.3 Å². The Morgan fingerprint density at radius 3 is 2.88 bits per heavy atom. The summed E-state index contributed by atoms with van der Waals surface area (Å²) < 4.78 is 1.97. The summed E-state index contributed by atoms with van der Waals surface area (Å²) >= 11 is 8.08. The van der Waals surface area contributed by atoms with Gasteiger partial charge in [-0.1, -0.05) is 11.6 Å². The summed E-state index contributed by atoms with van der Waals surface area (Å²) in [6.07, 6.45) is 3.32. The number of hydrogen-bond acceptors (Lipinski definition) is 3. The lowest BCUT2D eigenvalue weighted by atomic mass is 10.3. The minimum absolute atomic E-state index is 0.805. The molecule has 0 saturated carbocycles. The van der Waals surface area contributed by atoms with Gasteiger partial charge in [0.25, 0.3) is 0 Å². The van der Waals surface area contributed by atoms with E-state index in [0.29, 0.717) is 0 Å². The maximum Gasteiger partial charge on any atom is 0.0860 e. The third-order valence-corrected chi connectivity index (χ3v) is 3.64. The van der Waals surface area contributed by atoms with Crippen molar-refractivity contribution < 1.29 is 0 Å². The van der Waals surface area contributed by atoms with Crippen LogP contribution in [0.15, 0.2) is 0 Å². The fourth-order valence-corrected chi connectivity index (χ4v) is 2.22. The molecule has 0 spiro atoms. The molecule has 92 valence electrons. The highest BCUT2D eigenvalue weighted by Crippen LogP contribution is 2.19. The molecule has 0 atom stereocenters. The highest BCUT2D eigenvalue weighted by Gasteiger charge is 2.11. The Morgan fingerprint density at radius 2 is 2.25 bits per heavy atom. The van der Waals surface area contributed by atoms with E-state index >= 15 is 0 Å². The molecule has 1 rings (SSSR count). The van der Waals surface area contributed by atoms with E-state index in [9.17, 15) is 0 Å². The van der Waals surface area contributed by atoms with Crippen LogP contribution in [-0.2, 0) is 13.1 Å². The maximum atomic E-state index is 6.21. The quantitative estimate of drug-likeness (QED) is 0.766.